The molecule has 1 unspecified atom stereocenters. The van der Waals surface area contributed by atoms with E-state index in [4.69, 9.17) is 10.00 Å². The Hall–Kier alpha value is -2.16. The Morgan fingerprint density at radius 2 is 2.35 bits per heavy atom. The lowest BCUT2D eigenvalue weighted by molar-refractivity contribution is -0.121. The van der Waals surface area contributed by atoms with E-state index in [0.717, 1.165) is 24.1 Å². The SMILES string of the molecule is COCCNC(=O)CC1CC(c2ccc(C#N)cc2C)=CCN1. The molecular formula is C18H23N3O2. The quantitative estimate of drug-likeness (QED) is 0.785. The van der Waals surface area contributed by atoms with Gasteiger partial charge in [-0.05, 0) is 42.2 Å². The van der Waals surface area contributed by atoms with Crippen LogP contribution in [0.2, 0.25) is 0 Å². The Labute approximate surface area is 137 Å². The van der Waals surface area contributed by atoms with Crippen LogP contribution in [0.3, 0.4) is 0 Å². The highest BCUT2D eigenvalue weighted by atomic mass is 16.5. The summed E-state index contributed by atoms with van der Waals surface area (Å²) in [6.45, 7) is 3.84. The van der Waals surface area contributed by atoms with Gasteiger partial charge in [0, 0.05) is 32.7 Å². The molecule has 0 bridgehead atoms. The van der Waals surface area contributed by atoms with Crippen molar-refractivity contribution >= 4 is 11.5 Å². The van der Waals surface area contributed by atoms with Gasteiger partial charge in [-0.15, -0.1) is 0 Å². The third kappa shape index (κ3) is 4.92. The molecule has 0 saturated carbocycles. The summed E-state index contributed by atoms with van der Waals surface area (Å²) in [5.74, 6) is 0.0392. The number of carbonyl (C=O) groups excluding carboxylic acids is 1. The molecule has 2 rings (SSSR count). The first-order valence-corrected chi connectivity index (χ1v) is 7.83. The number of hydrogen-bond acceptors (Lipinski definition) is 4. The van der Waals surface area contributed by atoms with Gasteiger partial charge in [0.2, 0.25) is 5.91 Å². The summed E-state index contributed by atoms with van der Waals surface area (Å²) in [5, 5.41) is 15.2. The maximum Gasteiger partial charge on any atom is 0.221 e. The van der Waals surface area contributed by atoms with Gasteiger partial charge in [0.1, 0.15) is 0 Å². The summed E-state index contributed by atoms with van der Waals surface area (Å²) in [6.07, 6.45) is 3.43. The summed E-state index contributed by atoms with van der Waals surface area (Å²) in [5.41, 5.74) is 4.17. The molecule has 0 aromatic heterocycles. The minimum atomic E-state index is 0.0392. The molecule has 0 spiro atoms. The lowest BCUT2D eigenvalue weighted by Crippen LogP contribution is -2.38. The summed E-state index contributed by atoms with van der Waals surface area (Å²) in [7, 11) is 1.62. The summed E-state index contributed by atoms with van der Waals surface area (Å²) in [4.78, 5) is 11.9. The van der Waals surface area contributed by atoms with E-state index >= 15 is 0 Å². The molecule has 5 nitrogen and oxygen atoms in total. The molecule has 1 aliphatic rings. The zero-order valence-corrected chi connectivity index (χ0v) is 13.7. The largest absolute Gasteiger partial charge is 0.383 e. The molecule has 1 aliphatic heterocycles. The first-order valence-electron chi connectivity index (χ1n) is 7.83. The van der Waals surface area contributed by atoms with Crippen LogP contribution in [-0.2, 0) is 9.53 Å². The molecule has 5 heteroatoms. The van der Waals surface area contributed by atoms with Crippen LogP contribution in [0.15, 0.2) is 24.3 Å². The minimum Gasteiger partial charge on any atom is -0.383 e. The third-order valence-electron chi connectivity index (χ3n) is 3.98. The molecule has 1 heterocycles. The van der Waals surface area contributed by atoms with Gasteiger partial charge in [-0.3, -0.25) is 4.79 Å². The van der Waals surface area contributed by atoms with E-state index in [1.54, 1.807) is 7.11 Å². The lowest BCUT2D eigenvalue weighted by atomic mass is 9.90. The van der Waals surface area contributed by atoms with Crippen molar-refractivity contribution in [1.29, 1.82) is 5.26 Å². The number of rotatable bonds is 6. The molecule has 0 saturated heterocycles. The van der Waals surface area contributed by atoms with Crippen LogP contribution in [0.4, 0.5) is 0 Å². The van der Waals surface area contributed by atoms with Gasteiger partial charge >= 0.3 is 0 Å². The van der Waals surface area contributed by atoms with Gasteiger partial charge in [0.25, 0.3) is 0 Å². The summed E-state index contributed by atoms with van der Waals surface area (Å²) < 4.78 is 4.93. The fourth-order valence-corrected chi connectivity index (χ4v) is 2.82. The van der Waals surface area contributed by atoms with Crippen LogP contribution in [0.1, 0.15) is 29.5 Å². The molecule has 0 aliphatic carbocycles. The number of methoxy groups -OCH3 is 1. The van der Waals surface area contributed by atoms with Crippen LogP contribution in [0.5, 0.6) is 0 Å². The van der Waals surface area contributed by atoms with Crippen molar-refractivity contribution in [3.8, 4) is 6.07 Å². The average Bonchev–Trinajstić information content (AvgIpc) is 2.55. The van der Waals surface area contributed by atoms with Crippen molar-refractivity contribution in [3.63, 3.8) is 0 Å². The normalized spacial score (nSPS) is 17.3. The smallest absolute Gasteiger partial charge is 0.221 e. The second kappa shape index (κ2) is 8.47. The Balaban J connectivity index is 1.97. The molecule has 0 fully saturated rings. The Kier molecular flexibility index (Phi) is 6.33. The standard InChI is InChI=1S/C18H23N3O2/c1-13-9-14(12-19)3-4-17(13)15-5-6-20-16(10-15)11-18(22)21-7-8-23-2/h3-5,9,16,20H,6-8,10-11H2,1-2H3,(H,21,22). The Bertz CT molecular complexity index is 632. The fraction of sp³-hybridized carbons (Fsp3) is 0.444. The van der Waals surface area contributed by atoms with Gasteiger partial charge in [-0.1, -0.05) is 12.1 Å². The second-order valence-electron chi connectivity index (χ2n) is 5.73. The van der Waals surface area contributed by atoms with Crippen LogP contribution < -0.4 is 10.6 Å². The van der Waals surface area contributed by atoms with E-state index in [9.17, 15) is 4.79 Å². The summed E-state index contributed by atoms with van der Waals surface area (Å²) in [6, 6.07) is 8.05. The van der Waals surface area contributed by atoms with E-state index < -0.39 is 0 Å². The molecule has 1 aromatic rings. The van der Waals surface area contributed by atoms with Crippen LogP contribution in [0, 0.1) is 18.3 Å². The Morgan fingerprint density at radius 1 is 1.52 bits per heavy atom. The predicted molar refractivity (Wildman–Crippen MR) is 89.8 cm³/mol. The predicted octanol–water partition coefficient (Wildman–Crippen LogP) is 1.76. The van der Waals surface area contributed by atoms with Crippen molar-refractivity contribution < 1.29 is 9.53 Å². The zero-order valence-electron chi connectivity index (χ0n) is 13.7. The van der Waals surface area contributed by atoms with E-state index in [1.165, 1.54) is 5.57 Å². The van der Waals surface area contributed by atoms with Crippen LogP contribution >= 0.6 is 0 Å². The number of nitriles is 1. The number of nitrogens with one attached hydrogen (secondary N) is 2. The number of ether oxygens (including phenoxy) is 1. The number of carbonyl (C=O) groups is 1. The molecule has 1 aromatic carbocycles. The fourth-order valence-electron chi connectivity index (χ4n) is 2.82. The number of benzene rings is 1. The van der Waals surface area contributed by atoms with Gasteiger partial charge in [-0.2, -0.15) is 5.26 Å². The molecule has 2 N–H and O–H groups in total. The Morgan fingerprint density at radius 3 is 3.04 bits per heavy atom. The summed E-state index contributed by atoms with van der Waals surface area (Å²) >= 11 is 0. The van der Waals surface area contributed by atoms with E-state index in [2.05, 4.69) is 22.8 Å². The van der Waals surface area contributed by atoms with Crippen molar-refractivity contribution in [1.82, 2.24) is 10.6 Å². The van der Waals surface area contributed by atoms with Crippen molar-refractivity contribution in [3.05, 3.63) is 41.0 Å². The highest BCUT2D eigenvalue weighted by Gasteiger charge is 2.19. The molecular weight excluding hydrogens is 290 g/mol. The van der Waals surface area contributed by atoms with Gasteiger partial charge < -0.3 is 15.4 Å². The van der Waals surface area contributed by atoms with Gasteiger partial charge in [-0.25, -0.2) is 0 Å². The second-order valence-corrected chi connectivity index (χ2v) is 5.73. The number of nitrogens with zero attached hydrogens (tertiary/aromatic N) is 1. The van der Waals surface area contributed by atoms with E-state index in [0.29, 0.717) is 25.1 Å². The average molecular weight is 313 g/mol. The number of aryl methyl sites for hydroxylation is 1. The van der Waals surface area contributed by atoms with Gasteiger partial charge in [0.15, 0.2) is 0 Å². The maximum atomic E-state index is 11.9. The van der Waals surface area contributed by atoms with Crippen LogP contribution in [-0.4, -0.2) is 38.8 Å². The molecule has 122 valence electrons. The third-order valence-corrected chi connectivity index (χ3v) is 3.98. The van der Waals surface area contributed by atoms with Crippen LogP contribution in [0.25, 0.3) is 5.57 Å². The zero-order chi connectivity index (χ0) is 16.7. The van der Waals surface area contributed by atoms with Crippen molar-refractivity contribution in [2.45, 2.75) is 25.8 Å². The van der Waals surface area contributed by atoms with Crippen molar-refractivity contribution in [2.24, 2.45) is 0 Å². The molecule has 0 radical (unpaired) electrons. The first kappa shape index (κ1) is 17.2. The number of amides is 1. The van der Waals surface area contributed by atoms with E-state index in [-0.39, 0.29) is 11.9 Å². The monoisotopic (exact) mass is 313 g/mol. The minimum absolute atomic E-state index is 0.0392. The van der Waals surface area contributed by atoms with Crippen molar-refractivity contribution in [2.75, 3.05) is 26.8 Å². The molecule has 1 atom stereocenters. The topological polar surface area (TPSA) is 74.1 Å². The van der Waals surface area contributed by atoms with Gasteiger partial charge in [0.05, 0.1) is 18.2 Å². The molecule has 1 amide bonds. The number of hydrogen-bond donors (Lipinski definition) is 2. The molecule has 23 heavy (non-hydrogen) atoms. The highest BCUT2D eigenvalue weighted by molar-refractivity contribution is 5.77. The maximum absolute atomic E-state index is 11.9. The van der Waals surface area contributed by atoms with E-state index in [1.807, 2.05) is 25.1 Å². The highest BCUT2D eigenvalue weighted by Crippen LogP contribution is 2.26. The lowest BCUT2D eigenvalue weighted by Gasteiger charge is -2.25. The first-order chi connectivity index (χ1) is 11.1.